The van der Waals surface area contributed by atoms with Crippen LogP contribution >= 0.6 is 0 Å². The molecule has 3 heterocycles. The standard InChI is InChI=1S/C27H39N3O5/c1-4-6-10-15-28-24(33)22-27-14-13-26(5-2,35-27)20(21(27)25(34)30(22)18(3)17-31)23(32)29-16-19-11-8-7-9-12-19/h7-9,11-12,18,20-22,31H,4-6,10,13-17H2,1-3H3,(H,28,33)(H,29,32)/t18-,20-,21+,22?,26+,27?/m1/s1. The van der Waals surface area contributed by atoms with Crippen molar-refractivity contribution >= 4 is 17.7 Å². The summed E-state index contributed by atoms with van der Waals surface area (Å²) in [5, 5.41) is 16.0. The zero-order valence-corrected chi connectivity index (χ0v) is 21.1. The van der Waals surface area contributed by atoms with E-state index in [-0.39, 0.29) is 24.3 Å². The first-order valence-electron chi connectivity index (χ1n) is 13.1. The molecule has 0 radical (unpaired) electrons. The number of benzene rings is 1. The van der Waals surface area contributed by atoms with Gasteiger partial charge in [-0.3, -0.25) is 14.4 Å². The molecule has 3 fully saturated rings. The summed E-state index contributed by atoms with van der Waals surface area (Å²) in [6.45, 7) is 6.44. The smallest absolute Gasteiger partial charge is 0.245 e. The Kier molecular flexibility index (Phi) is 7.52. The second-order valence-electron chi connectivity index (χ2n) is 10.3. The minimum absolute atomic E-state index is 0.212. The highest BCUT2D eigenvalue weighted by Gasteiger charge is 2.78. The van der Waals surface area contributed by atoms with Crippen LogP contribution < -0.4 is 10.6 Å². The van der Waals surface area contributed by atoms with Crippen LogP contribution in [0.25, 0.3) is 0 Å². The lowest BCUT2D eigenvalue weighted by atomic mass is 9.65. The first-order valence-corrected chi connectivity index (χ1v) is 13.1. The molecule has 1 aromatic carbocycles. The monoisotopic (exact) mass is 485 g/mol. The Morgan fingerprint density at radius 1 is 1.14 bits per heavy atom. The maximum Gasteiger partial charge on any atom is 0.245 e. The fourth-order valence-electron chi connectivity index (χ4n) is 6.49. The number of nitrogens with zero attached hydrogens (tertiary/aromatic N) is 1. The molecule has 1 spiro atoms. The van der Waals surface area contributed by atoms with E-state index >= 15 is 0 Å². The van der Waals surface area contributed by atoms with Crippen LogP contribution in [-0.4, -0.2) is 64.2 Å². The van der Waals surface area contributed by atoms with E-state index in [1.165, 1.54) is 4.90 Å². The van der Waals surface area contributed by atoms with E-state index in [1.54, 1.807) is 6.92 Å². The van der Waals surface area contributed by atoms with Crippen molar-refractivity contribution in [1.82, 2.24) is 15.5 Å². The molecule has 4 rings (SSSR count). The lowest BCUT2D eigenvalue weighted by Gasteiger charge is -2.36. The lowest BCUT2D eigenvalue weighted by Crippen LogP contribution is -2.57. The van der Waals surface area contributed by atoms with E-state index < -0.39 is 35.1 Å². The molecule has 192 valence electrons. The maximum absolute atomic E-state index is 13.9. The number of unbranched alkanes of at least 4 members (excludes halogenated alkanes) is 2. The third-order valence-electron chi connectivity index (χ3n) is 8.28. The number of rotatable bonds is 11. The van der Waals surface area contributed by atoms with Crippen LogP contribution in [0.4, 0.5) is 0 Å². The van der Waals surface area contributed by atoms with E-state index in [1.807, 2.05) is 37.3 Å². The number of ether oxygens (including phenoxy) is 1. The summed E-state index contributed by atoms with van der Waals surface area (Å²) in [4.78, 5) is 42.5. The molecule has 8 heteroatoms. The molecule has 1 aromatic rings. The topological polar surface area (TPSA) is 108 Å². The van der Waals surface area contributed by atoms with E-state index in [9.17, 15) is 19.5 Å². The zero-order valence-electron chi connectivity index (χ0n) is 21.1. The first-order chi connectivity index (χ1) is 16.8. The van der Waals surface area contributed by atoms with Crippen molar-refractivity contribution in [2.75, 3.05) is 13.2 Å². The number of hydrogen-bond acceptors (Lipinski definition) is 5. The Morgan fingerprint density at radius 3 is 2.54 bits per heavy atom. The highest BCUT2D eigenvalue weighted by atomic mass is 16.5. The predicted molar refractivity (Wildman–Crippen MR) is 131 cm³/mol. The molecule has 8 nitrogen and oxygen atoms in total. The average Bonchev–Trinajstić information content (AvgIpc) is 3.49. The molecular weight excluding hydrogens is 446 g/mol. The summed E-state index contributed by atoms with van der Waals surface area (Å²) < 4.78 is 6.70. The first kappa shape index (κ1) is 25.6. The van der Waals surface area contributed by atoms with Crippen molar-refractivity contribution in [3.8, 4) is 0 Å². The molecule has 0 saturated carbocycles. The number of likely N-dealkylation sites (tertiary alicyclic amines) is 1. The van der Waals surface area contributed by atoms with Crippen molar-refractivity contribution in [1.29, 1.82) is 0 Å². The van der Waals surface area contributed by atoms with E-state index in [0.717, 1.165) is 24.8 Å². The SMILES string of the molecule is CCCCCNC(=O)C1N([C@H](C)CO)C(=O)[C@@H]2[C@H](C(=O)NCc3ccccc3)[C@]3(CC)CCC12O3. The van der Waals surface area contributed by atoms with Gasteiger partial charge in [0.25, 0.3) is 0 Å². The molecule has 0 aliphatic carbocycles. The number of hydrogen-bond donors (Lipinski definition) is 3. The molecular formula is C27H39N3O5. The number of nitrogens with one attached hydrogen (secondary N) is 2. The fourth-order valence-corrected chi connectivity index (χ4v) is 6.49. The number of fused-ring (bicyclic) bond motifs is 1. The van der Waals surface area contributed by atoms with Gasteiger partial charge in [0.05, 0.1) is 30.1 Å². The second kappa shape index (κ2) is 10.3. The summed E-state index contributed by atoms with van der Waals surface area (Å²) in [7, 11) is 0. The highest BCUT2D eigenvalue weighted by Crippen LogP contribution is 2.64. The maximum atomic E-state index is 13.9. The molecule has 35 heavy (non-hydrogen) atoms. The summed E-state index contributed by atoms with van der Waals surface area (Å²) in [5.41, 5.74) is -0.848. The minimum atomic E-state index is -1.06. The Balaban J connectivity index is 1.64. The van der Waals surface area contributed by atoms with Gasteiger partial charge in [-0.15, -0.1) is 0 Å². The van der Waals surface area contributed by atoms with Gasteiger partial charge >= 0.3 is 0 Å². The van der Waals surface area contributed by atoms with Crippen molar-refractivity contribution < 1.29 is 24.2 Å². The zero-order chi connectivity index (χ0) is 25.2. The highest BCUT2D eigenvalue weighted by molar-refractivity contribution is 5.99. The molecule has 3 saturated heterocycles. The van der Waals surface area contributed by atoms with Crippen LogP contribution in [-0.2, 0) is 25.7 Å². The summed E-state index contributed by atoms with van der Waals surface area (Å²) >= 11 is 0. The van der Waals surface area contributed by atoms with Crippen molar-refractivity contribution in [2.45, 2.75) is 89.1 Å². The normalized spacial score (nSPS) is 31.9. The van der Waals surface area contributed by atoms with Crippen LogP contribution in [0.15, 0.2) is 30.3 Å². The summed E-state index contributed by atoms with van der Waals surface area (Å²) in [5.74, 6) is -2.16. The van der Waals surface area contributed by atoms with Gasteiger partial charge in [0.2, 0.25) is 17.7 Å². The van der Waals surface area contributed by atoms with Gasteiger partial charge in [0.15, 0.2) is 0 Å². The van der Waals surface area contributed by atoms with Gasteiger partial charge in [0.1, 0.15) is 11.6 Å². The largest absolute Gasteiger partial charge is 0.394 e. The number of aliphatic hydroxyl groups is 1. The molecule has 0 aromatic heterocycles. The summed E-state index contributed by atoms with van der Waals surface area (Å²) in [6.07, 6.45) is 4.66. The van der Waals surface area contributed by atoms with Crippen LogP contribution in [0.5, 0.6) is 0 Å². The van der Waals surface area contributed by atoms with E-state index in [2.05, 4.69) is 17.6 Å². The average molecular weight is 486 g/mol. The van der Waals surface area contributed by atoms with Gasteiger partial charge in [-0.1, -0.05) is 57.0 Å². The second-order valence-corrected chi connectivity index (χ2v) is 10.3. The van der Waals surface area contributed by atoms with Gasteiger partial charge < -0.3 is 25.4 Å². The number of amides is 3. The van der Waals surface area contributed by atoms with Crippen LogP contribution in [0.3, 0.4) is 0 Å². The Bertz CT molecular complexity index is 940. The number of carbonyl (C=O) groups excluding carboxylic acids is 3. The van der Waals surface area contributed by atoms with Gasteiger partial charge in [-0.2, -0.15) is 0 Å². The van der Waals surface area contributed by atoms with Crippen molar-refractivity contribution in [3.05, 3.63) is 35.9 Å². The molecule has 6 atom stereocenters. The van der Waals surface area contributed by atoms with Crippen LogP contribution in [0.1, 0.15) is 64.9 Å². The van der Waals surface area contributed by atoms with Crippen LogP contribution in [0.2, 0.25) is 0 Å². The number of aliphatic hydroxyl groups excluding tert-OH is 1. The van der Waals surface area contributed by atoms with E-state index in [4.69, 9.17) is 4.74 Å². The van der Waals surface area contributed by atoms with Crippen molar-refractivity contribution in [2.24, 2.45) is 11.8 Å². The summed E-state index contributed by atoms with van der Waals surface area (Å²) in [6, 6.07) is 8.24. The van der Waals surface area contributed by atoms with Gasteiger partial charge in [-0.05, 0) is 38.2 Å². The lowest BCUT2D eigenvalue weighted by molar-refractivity contribution is -0.150. The predicted octanol–water partition coefficient (Wildman–Crippen LogP) is 2.14. The third-order valence-corrected chi connectivity index (χ3v) is 8.28. The fraction of sp³-hybridized carbons (Fsp3) is 0.667. The van der Waals surface area contributed by atoms with E-state index in [0.29, 0.717) is 32.4 Å². The molecule has 2 bridgehead atoms. The van der Waals surface area contributed by atoms with Crippen LogP contribution in [0, 0.1) is 11.8 Å². The van der Waals surface area contributed by atoms with Gasteiger partial charge in [0, 0.05) is 13.1 Å². The van der Waals surface area contributed by atoms with Gasteiger partial charge in [-0.25, -0.2) is 0 Å². The Hall–Kier alpha value is -2.45. The molecule has 2 unspecified atom stereocenters. The molecule has 3 amide bonds. The molecule has 3 aliphatic heterocycles. The van der Waals surface area contributed by atoms with Crippen molar-refractivity contribution in [3.63, 3.8) is 0 Å². The molecule has 3 N–H and O–H groups in total. The third kappa shape index (κ3) is 4.25. The Morgan fingerprint density at radius 2 is 1.89 bits per heavy atom. The Labute approximate surface area is 207 Å². The minimum Gasteiger partial charge on any atom is -0.394 e. The molecule has 3 aliphatic rings. The number of carbonyl (C=O) groups is 3. The quantitative estimate of drug-likeness (QED) is 0.416.